The Kier molecular flexibility index (Phi) is 2.38. The summed E-state index contributed by atoms with van der Waals surface area (Å²) in [5, 5.41) is 9.71. The van der Waals surface area contributed by atoms with Crippen LogP contribution in [0.25, 0.3) is 0 Å². The van der Waals surface area contributed by atoms with Gasteiger partial charge >= 0.3 is 6.18 Å². The Morgan fingerprint density at radius 1 is 1.44 bits per heavy atom. The average molecular weight is 255 g/mol. The molecule has 0 aromatic rings. The molecular weight excluding hydrogens is 243 g/mol. The SMILES string of the molecule is NC(=S)N1NC2(CCC2)C[C@]1(O)C(F)(F)F. The molecule has 2 aliphatic rings. The van der Waals surface area contributed by atoms with Crippen molar-refractivity contribution in [3.05, 3.63) is 0 Å². The number of thiocarbonyl (C=S) groups is 1. The molecule has 4 N–H and O–H groups in total. The monoisotopic (exact) mass is 255 g/mol. The molecule has 4 nitrogen and oxygen atoms in total. The second-order valence-corrected chi connectivity index (χ2v) is 4.83. The molecule has 0 aromatic heterocycles. The van der Waals surface area contributed by atoms with Crippen molar-refractivity contribution >= 4 is 17.3 Å². The van der Waals surface area contributed by atoms with Crippen molar-refractivity contribution in [2.24, 2.45) is 5.73 Å². The van der Waals surface area contributed by atoms with E-state index in [1.165, 1.54) is 0 Å². The van der Waals surface area contributed by atoms with Gasteiger partial charge in [0.2, 0.25) is 0 Å². The molecule has 2 rings (SSSR count). The van der Waals surface area contributed by atoms with Crippen molar-refractivity contribution in [2.45, 2.75) is 43.1 Å². The van der Waals surface area contributed by atoms with Crippen LogP contribution in [0.4, 0.5) is 13.2 Å². The first-order chi connectivity index (χ1) is 7.20. The zero-order chi connectivity index (χ0) is 12.2. The van der Waals surface area contributed by atoms with E-state index < -0.39 is 29.0 Å². The lowest BCUT2D eigenvalue weighted by Gasteiger charge is -2.38. The summed E-state index contributed by atoms with van der Waals surface area (Å²) in [4.78, 5) is 0. The molecule has 92 valence electrons. The van der Waals surface area contributed by atoms with Crippen LogP contribution in [0.5, 0.6) is 0 Å². The number of aliphatic hydroxyl groups is 1. The van der Waals surface area contributed by atoms with Crippen molar-refractivity contribution in [1.29, 1.82) is 0 Å². The summed E-state index contributed by atoms with van der Waals surface area (Å²) in [6, 6.07) is 0. The van der Waals surface area contributed by atoms with Gasteiger partial charge in [-0.25, -0.2) is 10.4 Å². The van der Waals surface area contributed by atoms with Crippen molar-refractivity contribution in [3.8, 4) is 0 Å². The Bertz CT molecular complexity index is 331. The van der Waals surface area contributed by atoms with Gasteiger partial charge in [0.05, 0.1) is 0 Å². The largest absolute Gasteiger partial charge is 0.438 e. The summed E-state index contributed by atoms with van der Waals surface area (Å²) in [7, 11) is 0. The lowest BCUT2D eigenvalue weighted by Crippen LogP contribution is -2.62. The first kappa shape index (κ1) is 11.9. The van der Waals surface area contributed by atoms with Crippen LogP contribution >= 0.6 is 12.2 Å². The second kappa shape index (κ2) is 3.21. The highest BCUT2D eigenvalue weighted by Crippen LogP contribution is 2.49. The highest BCUT2D eigenvalue weighted by molar-refractivity contribution is 7.80. The molecule has 1 heterocycles. The minimum Gasteiger partial charge on any atom is -0.375 e. The normalized spacial score (nSPS) is 32.9. The van der Waals surface area contributed by atoms with Gasteiger partial charge in [-0.1, -0.05) is 0 Å². The number of hydrogen-bond donors (Lipinski definition) is 3. The molecule has 1 atom stereocenters. The Morgan fingerprint density at radius 2 is 2.00 bits per heavy atom. The van der Waals surface area contributed by atoms with Crippen LogP contribution in [0.15, 0.2) is 0 Å². The van der Waals surface area contributed by atoms with Crippen LogP contribution in [0.3, 0.4) is 0 Å². The Labute approximate surface area is 95.6 Å². The van der Waals surface area contributed by atoms with E-state index in [-0.39, 0.29) is 0 Å². The number of halogens is 3. The maximum absolute atomic E-state index is 12.8. The summed E-state index contributed by atoms with van der Waals surface area (Å²) < 4.78 is 38.4. The zero-order valence-corrected chi connectivity index (χ0v) is 9.16. The third-order valence-electron chi connectivity index (χ3n) is 3.29. The fourth-order valence-electron chi connectivity index (χ4n) is 2.28. The van der Waals surface area contributed by atoms with Gasteiger partial charge in [0.15, 0.2) is 5.11 Å². The molecule has 1 saturated carbocycles. The number of nitrogens with two attached hydrogens (primary N) is 1. The van der Waals surface area contributed by atoms with Crippen molar-refractivity contribution in [2.75, 3.05) is 0 Å². The molecule has 1 aliphatic heterocycles. The quantitative estimate of drug-likeness (QED) is 0.554. The van der Waals surface area contributed by atoms with Crippen LogP contribution in [0.2, 0.25) is 0 Å². The molecule has 0 unspecified atom stereocenters. The lowest BCUT2D eigenvalue weighted by atomic mass is 9.74. The molecule has 1 spiro atoms. The van der Waals surface area contributed by atoms with E-state index in [0.29, 0.717) is 17.9 Å². The summed E-state index contributed by atoms with van der Waals surface area (Å²) in [6.07, 6.45) is -3.20. The molecule has 2 fully saturated rings. The standard InChI is InChI=1S/C8H12F3N3OS/c9-8(10,11)7(15)4-6(2-1-3-6)13-14(7)5(12)16/h13,15H,1-4H2,(H2,12,16)/t7-/m0/s1. The summed E-state index contributed by atoms with van der Waals surface area (Å²) >= 11 is 4.53. The fraction of sp³-hybridized carbons (Fsp3) is 0.875. The number of hydrogen-bond acceptors (Lipinski definition) is 3. The number of nitrogens with one attached hydrogen (secondary N) is 1. The smallest absolute Gasteiger partial charge is 0.375 e. The maximum Gasteiger partial charge on any atom is 0.438 e. The van der Waals surface area contributed by atoms with Gasteiger partial charge < -0.3 is 10.8 Å². The van der Waals surface area contributed by atoms with Gasteiger partial charge in [-0.05, 0) is 31.5 Å². The first-order valence-corrected chi connectivity index (χ1v) is 5.28. The molecule has 0 aromatic carbocycles. The third kappa shape index (κ3) is 1.47. The molecule has 1 saturated heterocycles. The molecule has 16 heavy (non-hydrogen) atoms. The predicted octanol–water partition coefficient (Wildman–Crippen LogP) is 0.614. The topological polar surface area (TPSA) is 61.5 Å². The van der Waals surface area contributed by atoms with E-state index in [2.05, 4.69) is 17.6 Å². The van der Waals surface area contributed by atoms with Crippen LogP contribution in [0, 0.1) is 0 Å². The van der Waals surface area contributed by atoms with E-state index in [1.807, 2.05) is 0 Å². The Morgan fingerprint density at radius 3 is 2.25 bits per heavy atom. The van der Waals surface area contributed by atoms with Gasteiger partial charge in [-0.15, -0.1) is 0 Å². The Hall–Kier alpha value is -0.600. The minimum atomic E-state index is -4.79. The number of hydrazine groups is 1. The minimum absolute atomic E-state index is 0.430. The molecule has 0 bridgehead atoms. The van der Waals surface area contributed by atoms with E-state index in [1.54, 1.807) is 0 Å². The van der Waals surface area contributed by atoms with Gasteiger partial charge in [0.25, 0.3) is 5.72 Å². The zero-order valence-electron chi connectivity index (χ0n) is 8.34. The predicted molar refractivity (Wildman–Crippen MR) is 54.0 cm³/mol. The van der Waals surface area contributed by atoms with Crippen molar-refractivity contribution in [3.63, 3.8) is 0 Å². The molecular formula is C8H12F3N3OS. The van der Waals surface area contributed by atoms with E-state index in [4.69, 9.17) is 5.73 Å². The highest BCUT2D eigenvalue weighted by atomic mass is 32.1. The third-order valence-corrected chi connectivity index (χ3v) is 3.47. The van der Waals surface area contributed by atoms with Crippen molar-refractivity contribution < 1.29 is 18.3 Å². The molecule has 1 aliphatic carbocycles. The average Bonchev–Trinajstić information content (AvgIpc) is 2.38. The van der Waals surface area contributed by atoms with Gasteiger partial charge in [-0.3, -0.25) is 0 Å². The van der Waals surface area contributed by atoms with Crippen LogP contribution in [0.1, 0.15) is 25.7 Å². The Balaban J connectivity index is 2.32. The summed E-state index contributed by atoms with van der Waals surface area (Å²) in [6.45, 7) is 0. The molecule has 8 heteroatoms. The number of rotatable bonds is 0. The van der Waals surface area contributed by atoms with Gasteiger partial charge in [0.1, 0.15) is 0 Å². The first-order valence-electron chi connectivity index (χ1n) is 4.87. The van der Waals surface area contributed by atoms with E-state index >= 15 is 0 Å². The van der Waals surface area contributed by atoms with Gasteiger partial charge in [0, 0.05) is 12.0 Å². The molecule has 0 radical (unpaired) electrons. The maximum atomic E-state index is 12.8. The van der Waals surface area contributed by atoms with E-state index in [0.717, 1.165) is 6.42 Å². The van der Waals surface area contributed by atoms with Crippen LogP contribution < -0.4 is 11.2 Å². The fourth-order valence-corrected chi connectivity index (χ4v) is 2.47. The lowest BCUT2D eigenvalue weighted by molar-refractivity contribution is -0.297. The second-order valence-electron chi connectivity index (χ2n) is 4.41. The van der Waals surface area contributed by atoms with Gasteiger partial charge in [-0.2, -0.15) is 13.2 Å². The summed E-state index contributed by atoms with van der Waals surface area (Å²) in [5.74, 6) is 0. The number of nitrogens with zero attached hydrogens (tertiary/aromatic N) is 1. The summed E-state index contributed by atoms with van der Waals surface area (Å²) in [5.41, 5.74) is 4.11. The van der Waals surface area contributed by atoms with Crippen LogP contribution in [-0.2, 0) is 0 Å². The molecule has 0 amide bonds. The number of alkyl halides is 3. The highest BCUT2D eigenvalue weighted by Gasteiger charge is 2.67. The van der Waals surface area contributed by atoms with Crippen molar-refractivity contribution in [1.82, 2.24) is 10.4 Å². The van der Waals surface area contributed by atoms with Crippen LogP contribution in [-0.4, -0.2) is 32.7 Å². The van der Waals surface area contributed by atoms with E-state index in [9.17, 15) is 18.3 Å².